The SMILES string of the molecule is CCC(=O)c1ccc2c(=O)oc(-c3ccccc3)nc2c1. The van der Waals surface area contributed by atoms with Crippen molar-refractivity contribution in [3.8, 4) is 11.5 Å². The summed E-state index contributed by atoms with van der Waals surface area (Å²) >= 11 is 0. The van der Waals surface area contributed by atoms with Crippen molar-refractivity contribution in [1.82, 2.24) is 4.98 Å². The average Bonchev–Trinajstić information content (AvgIpc) is 2.54. The van der Waals surface area contributed by atoms with Crippen LogP contribution in [0.2, 0.25) is 0 Å². The number of rotatable bonds is 3. The Balaban J connectivity index is 2.22. The van der Waals surface area contributed by atoms with Crippen molar-refractivity contribution >= 4 is 16.7 Å². The first kappa shape index (κ1) is 13.2. The molecule has 4 nitrogen and oxygen atoms in total. The molecule has 0 unspecified atom stereocenters. The van der Waals surface area contributed by atoms with Crippen LogP contribution in [0.25, 0.3) is 22.4 Å². The summed E-state index contributed by atoms with van der Waals surface area (Å²) < 4.78 is 5.25. The van der Waals surface area contributed by atoms with Gasteiger partial charge in [0.25, 0.3) is 0 Å². The molecule has 0 aliphatic heterocycles. The van der Waals surface area contributed by atoms with Gasteiger partial charge in [-0.1, -0.05) is 31.2 Å². The molecule has 0 fully saturated rings. The molecule has 3 aromatic rings. The second-order valence-corrected chi connectivity index (χ2v) is 4.68. The van der Waals surface area contributed by atoms with Gasteiger partial charge in [0.2, 0.25) is 5.89 Å². The maximum atomic E-state index is 12.0. The highest BCUT2D eigenvalue weighted by atomic mass is 16.4. The van der Waals surface area contributed by atoms with Crippen molar-refractivity contribution in [3.05, 3.63) is 64.5 Å². The maximum Gasteiger partial charge on any atom is 0.347 e. The summed E-state index contributed by atoms with van der Waals surface area (Å²) in [5, 5.41) is 0.377. The summed E-state index contributed by atoms with van der Waals surface area (Å²) in [4.78, 5) is 28.2. The normalized spacial score (nSPS) is 10.7. The van der Waals surface area contributed by atoms with Gasteiger partial charge in [-0.15, -0.1) is 0 Å². The number of fused-ring (bicyclic) bond motifs is 1. The molecule has 0 atom stereocenters. The zero-order valence-corrected chi connectivity index (χ0v) is 11.5. The number of ketones is 1. The van der Waals surface area contributed by atoms with E-state index in [2.05, 4.69) is 4.98 Å². The van der Waals surface area contributed by atoms with E-state index in [1.54, 1.807) is 25.1 Å². The molecule has 0 amide bonds. The quantitative estimate of drug-likeness (QED) is 0.689. The number of aromatic nitrogens is 1. The molecule has 4 heteroatoms. The van der Waals surface area contributed by atoms with Gasteiger partial charge < -0.3 is 4.42 Å². The fraction of sp³-hybridized carbons (Fsp3) is 0.118. The molecular formula is C17H13NO3. The Morgan fingerprint density at radius 2 is 1.90 bits per heavy atom. The highest BCUT2D eigenvalue weighted by molar-refractivity contribution is 5.99. The number of benzene rings is 2. The Morgan fingerprint density at radius 1 is 1.14 bits per heavy atom. The zero-order chi connectivity index (χ0) is 14.8. The van der Waals surface area contributed by atoms with Crippen LogP contribution < -0.4 is 5.63 Å². The van der Waals surface area contributed by atoms with Gasteiger partial charge in [-0.05, 0) is 24.3 Å². The van der Waals surface area contributed by atoms with Crippen LogP contribution in [0.3, 0.4) is 0 Å². The van der Waals surface area contributed by atoms with Crippen molar-refractivity contribution in [3.63, 3.8) is 0 Å². The first-order valence-electron chi connectivity index (χ1n) is 6.72. The molecule has 0 radical (unpaired) electrons. The molecular weight excluding hydrogens is 266 g/mol. The largest absolute Gasteiger partial charge is 0.403 e. The molecule has 0 bridgehead atoms. The summed E-state index contributed by atoms with van der Waals surface area (Å²) in [7, 11) is 0. The minimum atomic E-state index is -0.450. The van der Waals surface area contributed by atoms with Gasteiger partial charge >= 0.3 is 5.63 Å². The zero-order valence-electron chi connectivity index (χ0n) is 11.5. The van der Waals surface area contributed by atoms with Crippen LogP contribution in [-0.2, 0) is 0 Å². The second kappa shape index (κ2) is 5.32. The molecule has 0 aliphatic carbocycles. The molecule has 3 rings (SSSR count). The molecule has 0 aliphatic rings. The van der Waals surface area contributed by atoms with E-state index in [4.69, 9.17) is 4.42 Å². The van der Waals surface area contributed by atoms with Crippen molar-refractivity contribution in [1.29, 1.82) is 0 Å². The second-order valence-electron chi connectivity index (χ2n) is 4.68. The van der Waals surface area contributed by atoms with Gasteiger partial charge in [-0.3, -0.25) is 4.79 Å². The van der Waals surface area contributed by atoms with E-state index in [1.165, 1.54) is 0 Å². The van der Waals surface area contributed by atoms with Gasteiger partial charge in [-0.2, -0.15) is 0 Å². The number of nitrogens with zero attached hydrogens (tertiary/aromatic N) is 1. The minimum absolute atomic E-state index is 0.0215. The number of carbonyl (C=O) groups excluding carboxylic acids is 1. The van der Waals surface area contributed by atoms with Crippen LogP contribution in [0.5, 0.6) is 0 Å². The highest BCUT2D eigenvalue weighted by Gasteiger charge is 2.11. The number of hydrogen-bond donors (Lipinski definition) is 0. The number of hydrogen-bond acceptors (Lipinski definition) is 4. The molecule has 0 saturated heterocycles. The van der Waals surface area contributed by atoms with Gasteiger partial charge in [0.15, 0.2) is 5.78 Å². The van der Waals surface area contributed by atoms with Gasteiger partial charge in [0, 0.05) is 17.5 Å². The fourth-order valence-electron chi connectivity index (χ4n) is 2.15. The third-order valence-corrected chi connectivity index (χ3v) is 3.29. The first-order valence-corrected chi connectivity index (χ1v) is 6.72. The summed E-state index contributed by atoms with van der Waals surface area (Å²) in [5.74, 6) is 0.280. The Kier molecular flexibility index (Phi) is 3.36. The predicted molar refractivity (Wildman–Crippen MR) is 80.3 cm³/mol. The lowest BCUT2D eigenvalue weighted by Gasteiger charge is -2.03. The van der Waals surface area contributed by atoms with E-state index in [-0.39, 0.29) is 11.7 Å². The van der Waals surface area contributed by atoms with Crippen LogP contribution in [0.15, 0.2) is 57.7 Å². The third kappa shape index (κ3) is 2.48. The smallest absolute Gasteiger partial charge is 0.347 e. The monoisotopic (exact) mass is 279 g/mol. The van der Waals surface area contributed by atoms with Gasteiger partial charge in [-0.25, -0.2) is 9.78 Å². The van der Waals surface area contributed by atoms with E-state index < -0.39 is 5.63 Å². The van der Waals surface area contributed by atoms with E-state index in [1.807, 2.05) is 30.3 Å². The average molecular weight is 279 g/mol. The van der Waals surface area contributed by atoms with E-state index in [0.717, 1.165) is 5.56 Å². The van der Waals surface area contributed by atoms with Crippen LogP contribution in [-0.4, -0.2) is 10.8 Å². The van der Waals surface area contributed by atoms with Crippen molar-refractivity contribution in [2.24, 2.45) is 0 Å². The van der Waals surface area contributed by atoms with Gasteiger partial charge in [0.1, 0.15) is 0 Å². The van der Waals surface area contributed by atoms with Gasteiger partial charge in [0.05, 0.1) is 10.9 Å². The predicted octanol–water partition coefficient (Wildman–Crippen LogP) is 3.45. The Labute approximate surface area is 121 Å². The molecule has 1 aromatic heterocycles. The molecule has 0 N–H and O–H groups in total. The van der Waals surface area contributed by atoms with Crippen LogP contribution >= 0.6 is 0 Å². The van der Waals surface area contributed by atoms with Crippen molar-refractivity contribution in [2.45, 2.75) is 13.3 Å². The summed E-state index contributed by atoms with van der Waals surface area (Å²) in [6.45, 7) is 1.80. The Bertz CT molecular complexity index is 866. The maximum absolute atomic E-state index is 12.0. The lowest BCUT2D eigenvalue weighted by Crippen LogP contribution is -2.05. The summed E-state index contributed by atoms with van der Waals surface area (Å²) in [6, 6.07) is 14.1. The van der Waals surface area contributed by atoms with E-state index in [0.29, 0.717) is 22.9 Å². The first-order chi connectivity index (χ1) is 10.2. The van der Waals surface area contributed by atoms with Crippen molar-refractivity contribution in [2.75, 3.05) is 0 Å². The highest BCUT2D eigenvalue weighted by Crippen LogP contribution is 2.19. The van der Waals surface area contributed by atoms with Crippen LogP contribution in [0.4, 0.5) is 0 Å². The minimum Gasteiger partial charge on any atom is -0.403 e. The lowest BCUT2D eigenvalue weighted by molar-refractivity contribution is 0.0988. The van der Waals surface area contributed by atoms with E-state index >= 15 is 0 Å². The molecule has 1 heterocycles. The summed E-state index contributed by atoms with van der Waals surface area (Å²) in [5.41, 5.74) is 1.31. The number of Topliss-reactive ketones (excluding diaryl/α,β-unsaturated/α-hetero) is 1. The van der Waals surface area contributed by atoms with Crippen LogP contribution in [0, 0.1) is 0 Å². The molecule has 2 aromatic carbocycles. The topological polar surface area (TPSA) is 60.2 Å². The lowest BCUT2D eigenvalue weighted by atomic mass is 10.1. The summed E-state index contributed by atoms with van der Waals surface area (Å²) in [6.07, 6.45) is 0.415. The fourth-order valence-corrected chi connectivity index (χ4v) is 2.15. The third-order valence-electron chi connectivity index (χ3n) is 3.29. The van der Waals surface area contributed by atoms with E-state index in [9.17, 15) is 9.59 Å². The molecule has 21 heavy (non-hydrogen) atoms. The Hall–Kier alpha value is -2.75. The Morgan fingerprint density at radius 3 is 2.62 bits per heavy atom. The number of carbonyl (C=O) groups is 1. The standard InChI is InChI=1S/C17H13NO3/c1-2-15(19)12-8-9-13-14(10-12)18-16(21-17(13)20)11-6-4-3-5-7-11/h3-10H,2H2,1H3. The molecule has 0 saturated carbocycles. The molecule has 0 spiro atoms. The van der Waals surface area contributed by atoms with Crippen LogP contribution in [0.1, 0.15) is 23.7 Å². The van der Waals surface area contributed by atoms with Crippen molar-refractivity contribution < 1.29 is 9.21 Å². The molecule has 104 valence electrons.